The van der Waals surface area contributed by atoms with E-state index >= 15 is 0 Å². The molecule has 0 aliphatic rings. The van der Waals surface area contributed by atoms with E-state index in [9.17, 15) is 0 Å². The van der Waals surface area contributed by atoms with Crippen LogP contribution in [0.1, 0.15) is 23.6 Å². The van der Waals surface area contributed by atoms with Crippen LogP contribution in [0.3, 0.4) is 0 Å². The molecule has 6 rings (SSSR count). The smallest absolute Gasteiger partial charge is 0.0972 e. The minimum Gasteiger partial charge on any atom is -0.254 e. The molecular formula is C40H32N2. The molecule has 0 saturated carbocycles. The van der Waals surface area contributed by atoms with Gasteiger partial charge in [0.15, 0.2) is 0 Å². The highest BCUT2D eigenvalue weighted by Crippen LogP contribution is 2.28. The summed E-state index contributed by atoms with van der Waals surface area (Å²) in [4.78, 5) is 9.58. The lowest BCUT2D eigenvalue weighted by atomic mass is 9.99. The molecule has 0 aliphatic heterocycles. The fourth-order valence-electron chi connectivity index (χ4n) is 5.26. The van der Waals surface area contributed by atoms with Gasteiger partial charge in [-0.1, -0.05) is 128 Å². The predicted octanol–water partition coefficient (Wildman–Crippen LogP) is 8.92. The molecule has 2 heterocycles. The Morgan fingerprint density at radius 2 is 1.40 bits per heavy atom. The molecule has 2 heteroatoms. The third-order valence-corrected chi connectivity index (χ3v) is 7.89. The van der Waals surface area contributed by atoms with Gasteiger partial charge in [0.25, 0.3) is 0 Å². The van der Waals surface area contributed by atoms with Crippen LogP contribution in [0.5, 0.6) is 0 Å². The number of pyridine rings is 2. The topological polar surface area (TPSA) is 25.8 Å². The SMILES string of the molecule is C=C/C=C\c1cc/c(=C/C=C(\C)c2ccc(-c3ccc(-c4ccc5ccc6cccnc6c5n4)cc3)cc2)c(=C)c1C. The van der Waals surface area contributed by atoms with Crippen molar-refractivity contribution in [1.82, 2.24) is 9.97 Å². The largest absolute Gasteiger partial charge is 0.254 e. The number of nitrogens with zero attached hydrogens (tertiary/aromatic N) is 2. The van der Waals surface area contributed by atoms with E-state index in [1.807, 2.05) is 18.3 Å². The first-order valence-electron chi connectivity index (χ1n) is 14.1. The summed E-state index contributed by atoms with van der Waals surface area (Å²) in [5.41, 5.74) is 11.0. The van der Waals surface area contributed by atoms with E-state index < -0.39 is 0 Å². The highest BCUT2D eigenvalue weighted by atomic mass is 14.7. The number of aromatic nitrogens is 2. The second-order valence-corrected chi connectivity index (χ2v) is 10.5. The second kappa shape index (κ2) is 11.6. The number of hydrogen-bond donors (Lipinski definition) is 0. The zero-order chi connectivity index (χ0) is 29.1. The van der Waals surface area contributed by atoms with Crippen LogP contribution in [-0.4, -0.2) is 9.97 Å². The monoisotopic (exact) mass is 540 g/mol. The normalized spacial score (nSPS) is 12.4. The van der Waals surface area contributed by atoms with E-state index in [2.05, 4.69) is 141 Å². The summed E-state index contributed by atoms with van der Waals surface area (Å²) in [6.45, 7) is 12.3. The van der Waals surface area contributed by atoms with Crippen LogP contribution in [-0.2, 0) is 0 Å². The molecule has 202 valence electrons. The molecule has 0 atom stereocenters. The van der Waals surface area contributed by atoms with E-state index in [1.165, 1.54) is 33.4 Å². The van der Waals surface area contributed by atoms with Crippen LogP contribution in [0.25, 0.3) is 68.5 Å². The number of hydrogen-bond acceptors (Lipinski definition) is 2. The van der Waals surface area contributed by atoms with Crippen molar-refractivity contribution in [2.75, 3.05) is 0 Å². The van der Waals surface area contributed by atoms with Gasteiger partial charge in [0.2, 0.25) is 0 Å². The average molecular weight is 541 g/mol. The molecule has 0 spiro atoms. The van der Waals surface area contributed by atoms with Gasteiger partial charge in [-0.15, -0.1) is 0 Å². The number of benzene rings is 4. The lowest BCUT2D eigenvalue weighted by Crippen LogP contribution is -2.26. The summed E-state index contributed by atoms with van der Waals surface area (Å²) < 4.78 is 0. The van der Waals surface area contributed by atoms with Gasteiger partial charge in [-0.3, -0.25) is 4.98 Å². The van der Waals surface area contributed by atoms with Crippen molar-refractivity contribution in [3.05, 3.63) is 155 Å². The lowest BCUT2D eigenvalue weighted by Gasteiger charge is -2.08. The minimum absolute atomic E-state index is 0.935. The van der Waals surface area contributed by atoms with Gasteiger partial charge in [-0.2, -0.15) is 0 Å². The zero-order valence-electron chi connectivity index (χ0n) is 24.0. The third-order valence-electron chi connectivity index (χ3n) is 7.89. The highest BCUT2D eigenvalue weighted by Gasteiger charge is 2.07. The van der Waals surface area contributed by atoms with Crippen LogP contribution >= 0.6 is 0 Å². The summed E-state index contributed by atoms with van der Waals surface area (Å²) in [5.74, 6) is 0. The van der Waals surface area contributed by atoms with E-state index in [1.54, 1.807) is 6.08 Å². The molecule has 6 aromatic rings. The van der Waals surface area contributed by atoms with Gasteiger partial charge in [0.1, 0.15) is 0 Å². The summed E-state index contributed by atoms with van der Waals surface area (Å²) in [6, 6.07) is 34.1. The van der Waals surface area contributed by atoms with Crippen molar-refractivity contribution in [2.45, 2.75) is 13.8 Å². The fourth-order valence-corrected chi connectivity index (χ4v) is 5.26. The fraction of sp³-hybridized carbons (Fsp3) is 0.0500. The van der Waals surface area contributed by atoms with Crippen molar-refractivity contribution in [1.29, 1.82) is 0 Å². The molecule has 42 heavy (non-hydrogen) atoms. The van der Waals surface area contributed by atoms with E-state index in [-0.39, 0.29) is 0 Å². The first-order valence-corrected chi connectivity index (χ1v) is 14.1. The standard InChI is InChI=1S/C40H32N2/c1-5-6-8-31-14-15-32(29(4)28(31)3)11-10-27(2)30-12-16-33(17-13-30)34-18-20-35(21-19-34)38-25-24-37-23-22-36-9-7-26-41-39(36)40(37)42-38/h5-26H,1,4H2,2-3H3/b8-6-,27-10+,32-11-. The first kappa shape index (κ1) is 26.9. The highest BCUT2D eigenvalue weighted by molar-refractivity contribution is 6.03. The van der Waals surface area contributed by atoms with E-state index in [0.717, 1.165) is 43.5 Å². The molecule has 0 radical (unpaired) electrons. The van der Waals surface area contributed by atoms with Crippen molar-refractivity contribution < 1.29 is 0 Å². The molecule has 2 nitrogen and oxygen atoms in total. The van der Waals surface area contributed by atoms with Crippen LogP contribution < -0.4 is 10.4 Å². The molecule has 0 amide bonds. The molecule has 4 aromatic carbocycles. The molecule has 0 unspecified atom stereocenters. The maximum absolute atomic E-state index is 4.99. The van der Waals surface area contributed by atoms with Crippen LogP contribution in [0.4, 0.5) is 0 Å². The summed E-state index contributed by atoms with van der Waals surface area (Å²) in [5, 5.41) is 4.38. The second-order valence-electron chi connectivity index (χ2n) is 10.5. The Bertz CT molecular complexity index is 2110. The molecule has 0 fully saturated rings. The Morgan fingerprint density at radius 1 is 0.738 bits per heavy atom. The Kier molecular flexibility index (Phi) is 7.45. The summed E-state index contributed by atoms with van der Waals surface area (Å²) >= 11 is 0. The van der Waals surface area contributed by atoms with Gasteiger partial charge in [-0.25, -0.2) is 4.98 Å². The molecular weight excluding hydrogens is 508 g/mol. The average Bonchev–Trinajstić information content (AvgIpc) is 3.04. The van der Waals surface area contributed by atoms with Gasteiger partial charge < -0.3 is 0 Å². The molecule has 2 aromatic heterocycles. The van der Waals surface area contributed by atoms with Crippen molar-refractivity contribution in [3.8, 4) is 22.4 Å². The maximum Gasteiger partial charge on any atom is 0.0972 e. The Balaban J connectivity index is 1.22. The summed E-state index contributed by atoms with van der Waals surface area (Å²) in [6.07, 6.45) is 12.0. The van der Waals surface area contributed by atoms with Gasteiger partial charge >= 0.3 is 0 Å². The van der Waals surface area contributed by atoms with E-state index in [4.69, 9.17) is 4.98 Å². The first-order chi connectivity index (χ1) is 20.5. The maximum atomic E-state index is 4.99. The number of rotatable bonds is 6. The third kappa shape index (κ3) is 5.35. The molecule has 0 N–H and O–H groups in total. The molecule has 0 saturated heterocycles. The lowest BCUT2D eigenvalue weighted by molar-refractivity contribution is 1.36. The van der Waals surface area contributed by atoms with E-state index in [0.29, 0.717) is 0 Å². The van der Waals surface area contributed by atoms with Crippen LogP contribution in [0.2, 0.25) is 0 Å². The Morgan fingerprint density at radius 3 is 2.14 bits per heavy atom. The molecule has 0 aliphatic carbocycles. The Labute approximate surface area is 247 Å². The van der Waals surface area contributed by atoms with Crippen molar-refractivity contribution >= 4 is 46.1 Å². The van der Waals surface area contributed by atoms with Gasteiger partial charge in [0.05, 0.1) is 16.7 Å². The zero-order valence-corrected chi connectivity index (χ0v) is 24.0. The van der Waals surface area contributed by atoms with Crippen LogP contribution in [0, 0.1) is 6.92 Å². The quantitative estimate of drug-likeness (QED) is 0.156. The van der Waals surface area contributed by atoms with Gasteiger partial charge in [-0.05, 0) is 69.8 Å². The Hall–Kier alpha value is -5.34. The van der Waals surface area contributed by atoms with Gasteiger partial charge in [0, 0.05) is 22.5 Å². The molecule has 0 bridgehead atoms. The number of fused-ring (bicyclic) bond motifs is 3. The van der Waals surface area contributed by atoms with Crippen molar-refractivity contribution in [3.63, 3.8) is 0 Å². The minimum atomic E-state index is 0.935. The van der Waals surface area contributed by atoms with Crippen molar-refractivity contribution in [2.24, 2.45) is 0 Å². The number of allylic oxidation sites excluding steroid dienone is 4. The van der Waals surface area contributed by atoms with Crippen LogP contribution in [0.15, 0.2) is 128 Å². The summed E-state index contributed by atoms with van der Waals surface area (Å²) in [7, 11) is 0. The predicted molar refractivity (Wildman–Crippen MR) is 181 cm³/mol.